The highest BCUT2D eigenvalue weighted by molar-refractivity contribution is 7.65. The Hall–Kier alpha value is -7.62. The summed E-state index contributed by atoms with van der Waals surface area (Å²) in [5, 5.41) is 7.68. The summed E-state index contributed by atoms with van der Waals surface area (Å²) in [5.41, 5.74) is 17.6. The Morgan fingerprint density at radius 1 is 0.242 bits per heavy atom. The fourth-order valence-corrected chi connectivity index (χ4v) is 16.7. The minimum Gasteiger partial charge on any atom is -0.455 e. The van der Waals surface area contributed by atoms with Gasteiger partial charge in [-0.25, -0.2) is 0 Å². The molecule has 6 nitrogen and oxygen atoms in total. The normalized spacial score (nSPS) is 12.5. The fraction of sp³-hybridized carbons (Fsp3) is 0. The lowest BCUT2D eigenvalue weighted by molar-refractivity contribution is 0.663. The van der Waals surface area contributed by atoms with Gasteiger partial charge in [0, 0.05) is 22.7 Å². The van der Waals surface area contributed by atoms with Crippen LogP contribution >= 0.6 is 14.7 Å². The summed E-state index contributed by atoms with van der Waals surface area (Å²) in [4.78, 5) is 0. The molecule has 6 aromatic heterocycles. The van der Waals surface area contributed by atoms with Crippen molar-refractivity contribution < 1.29 is 8.83 Å². The SMILES string of the molecule is c1ccc(-n2c3cccc4oc5cccc6c5p(c43)c3c2c2c4c(c3n6-c3ccccc3)n(-c3ccccc3)c3cccc5oc6cccc(c6p4c53)n2-c2ccccc2)cc1. The van der Waals surface area contributed by atoms with Crippen LogP contribution in [0.3, 0.4) is 0 Å². The van der Waals surface area contributed by atoms with Gasteiger partial charge in [-0.3, -0.25) is 0 Å². The molecule has 0 amide bonds. The average Bonchev–Trinajstić information content (AvgIpc) is 3.33. The van der Waals surface area contributed by atoms with Crippen molar-refractivity contribution in [1.82, 2.24) is 18.3 Å². The van der Waals surface area contributed by atoms with Gasteiger partial charge in [0.15, 0.2) is 0 Å². The van der Waals surface area contributed by atoms with Crippen LogP contribution in [-0.2, 0) is 0 Å². The standard InChI is InChI=1S/C54H32N4O2P2/c1-5-17-33(18-6-1)55-37-25-13-29-41-49(37)61-50-39(27-15-30-42(50)59-41)57(35-21-9-3-10-22-35)47-48-54-46(45(55)53(47)61)56(34-19-7-2-8-20-34)38-26-14-31-43-51(38)62(54)52-40(28-16-32-44(52)60-43)58(48)36-23-11-4-12-24-36/h1-32H. The van der Waals surface area contributed by atoms with E-state index in [9.17, 15) is 0 Å². The quantitative estimate of drug-likeness (QED) is 0.131. The molecule has 0 aliphatic rings. The molecule has 0 aliphatic carbocycles. The predicted octanol–water partition coefficient (Wildman–Crippen LogP) is 16.1. The summed E-state index contributed by atoms with van der Waals surface area (Å²) in [7, 11) is -2.30. The minimum atomic E-state index is -1.15. The van der Waals surface area contributed by atoms with Crippen LogP contribution in [0.5, 0.6) is 0 Å². The third-order valence-corrected chi connectivity index (χ3v) is 18.3. The van der Waals surface area contributed by atoms with Gasteiger partial charge in [0.2, 0.25) is 0 Å². The van der Waals surface area contributed by atoms with E-state index in [2.05, 4.69) is 212 Å². The molecule has 0 atom stereocenters. The molecule has 0 aliphatic heterocycles. The monoisotopic (exact) mass is 830 g/mol. The lowest BCUT2D eigenvalue weighted by Crippen LogP contribution is -2.12. The number of benzene rings is 9. The van der Waals surface area contributed by atoms with Crippen LogP contribution in [0, 0.1) is 0 Å². The summed E-state index contributed by atoms with van der Waals surface area (Å²) < 4.78 is 24.3. The second-order valence-electron chi connectivity index (χ2n) is 16.1. The molecule has 6 heterocycles. The predicted molar refractivity (Wildman–Crippen MR) is 260 cm³/mol. The molecule has 0 saturated heterocycles. The molecule has 15 aromatic rings. The van der Waals surface area contributed by atoms with Crippen LogP contribution in [-0.4, -0.2) is 18.3 Å². The molecule has 0 N–H and O–H groups in total. The Morgan fingerprint density at radius 3 is 0.726 bits per heavy atom. The Morgan fingerprint density at radius 2 is 0.484 bits per heavy atom. The first kappa shape index (κ1) is 33.1. The van der Waals surface area contributed by atoms with Gasteiger partial charge in [0.05, 0.1) is 74.8 Å². The highest BCUT2D eigenvalue weighted by Gasteiger charge is 2.33. The highest BCUT2D eigenvalue weighted by Crippen LogP contribution is 2.63. The van der Waals surface area contributed by atoms with Gasteiger partial charge in [-0.1, -0.05) is 112 Å². The van der Waals surface area contributed by atoms with Gasteiger partial charge in [-0.15, -0.1) is 0 Å². The second kappa shape index (κ2) is 12.0. The topological polar surface area (TPSA) is 46.0 Å². The number of fused-ring (bicyclic) bond motifs is 2. The number of aromatic nitrogens is 4. The number of hydrogen-bond donors (Lipinski definition) is 0. The van der Waals surface area contributed by atoms with Gasteiger partial charge in [0.1, 0.15) is 22.3 Å². The smallest absolute Gasteiger partial charge is 0.141 e. The van der Waals surface area contributed by atoms with Crippen molar-refractivity contribution in [2.45, 2.75) is 0 Å². The Balaban J connectivity index is 1.44. The van der Waals surface area contributed by atoms with Crippen LogP contribution in [0.2, 0.25) is 0 Å². The third kappa shape index (κ3) is 4.07. The molecule has 0 radical (unpaired) electrons. The minimum absolute atomic E-state index is 0.925. The molecule has 8 heteroatoms. The maximum absolute atomic E-state index is 7.04. The van der Waals surface area contributed by atoms with Crippen LogP contribution < -0.4 is 0 Å². The summed E-state index contributed by atoms with van der Waals surface area (Å²) in [5.74, 6) is 0. The molecule has 0 bridgehead atoms. The summed E-state index contributed by atoms with van der Waals surface area (Å²) in [6, 6.07) is 70.5. The molecule has 9 aromatic carbocycles. The largest absolute Gasteiger partial charge is 0.455 e. The second-order valence-corrected chi connectivity index (χ2v) is 20.2. The van der Waals surface area contributed by atoms with E-state index >= 15 is 0 Å². The molecule has 0 spiro atoms. The summed E-state index contributed by atoms with van der Waals surface area (Å²) in [6.07, 6.45) is 0. The first-order valence-electron chi connectivity index (χ1n) is 21.0. The van der Waals surface area contributed by atoms with Crippen molar-refractivity contribution in [2.75, 3.05) is 0 Å². The van der Waals surface area contributed by atoms with Gasteiger partial charge >= 0.3 is 0 Å². The van der Waals surface area contributed by atoms with Gasteiger partial charge in [0.25, 0.3) is 0 Å². The van der Waals surface area contributed by atoms with E-state index in [0.717, 1.165) is 67.1 Å². The first-order chi connectivity index (χ1) is 30.8. The average molecular weight is 831 g/mol. The van der Waals surface area contributed by atoms with E-state index in [1.165, 1.54) is 52.8 Å². The van der Waals surface area contributed by atoms with Gasteiger partial charge < -0.3 is 27.1 Å². The number of nitrogens with zero attached hydrogens (tertiary/aromatic N) is 4. The van der Waals surface area contributed by atoms with Crippen molar-refractivity contribution in [3.8, 4) is 22.7 Å². The molecule has 15 rings (SSSR count). The van der Waals surface area contributed by atoms with E-state index < -0.39 is 14.7 Å². The molecule has 290 valence electrons. The van der Waals surface area contributed by atoms with Crippen LogP contribution in [0.1, 0.15) is 0 Å². The van der Waals surface area contributed by atoms with Crippen molar-refractivity contribution in [3.05, 3.63) is 194 Å². The van der Waals surface area contributed by atoms with Crippen molar-refractivity contribution in [3.63, 3.8) is 0 Å². The van der Waals surface area contributed by atoms with Crippen molar-refractivity contribution >= 4 is 112 Å². The fourth-order valence-electron chi connectivity index (χ4n) is 10.7. The zero-order valence-electron chi connectivity index (χ0n) is 33.0. The Labute approximate surface area is 354 Å². The summed E-state index contributed by atoms with van der Waals surface area (Å²) in [6.45, 7) is 0. The maximum atomic E-state index is 7.04. The molecule has 0 saturated carbocycles. The van der Waals surface area contributed by atoms with E-state index in [-0.39, 0.29) is 0 Å². The van der Waals surface area contributed by atoms with Crippen molar-refractivity contribution in [1.29, 1.82) is 0 Å². The lowest BCUT2D eigenvalue weighted by Gasteiger charge is -2.31. The molecule has 0 fully saturated rings. The Bertz CT molecular complexity index is 3760. The molecule has 0 unspecified atom stereocenters. The van der Waals surface area contributed by atoms with E-state index in [4.69, 9.17) is 8.83 Å². The number of hydrogen-bond acceptors (Lipinski definition) is 2. The van der Waals surface area contributed by atoms with Crippen LogP contribution in [0.15, 0.2) is 203 Å². The first-order valence-corrected chi connectivity index (χ1v) is 23.6. The third-order valence-electron chi connectivity index (χ3n) is 13.0. The number of para-hydroxylation sites is 4. The van der Waals surface area contributed by atoms with Gasteiger partial charge in [-0.05, 0) is 97.1 Å². The zero-order valence-corrected chi connectivity index (χ0v) is 34.8. The van der Waals surface area contributed by atoms with E-state index in [0.29, 0.717) is 0 Å². The molecule has 62 heavy (non-hydrogen) atoms. The molecular weight excluding hydrogens is 799 g/mol. The van der Waals surface area contributed by atoms with Gasteiger partial charge in [-0.2, -0.15) is 0 Å². The van der Waals surface area contributed by atoms with Crippen LogP contribution in [0.25, 0.3) is 120 Å². The molecular formula is C54H32N4O2P2. The zero-order chi connectivity index (χ0) is 40.2. The number of rotatable bonds is 4. The summed E-state index contributed by atoms with van der Waals surface area (Å²) >= 11 is 0. The maximum Gasteiger partial charge on any atom is 0.141 e. The van der Waals surface area contributed by atoms with Crippen molar-refractivity contribution in [2.24, 2.45) is 0 Å². The lowest BCUT2D eigenvalue weighted by atomic mass is 10.1. The highest BCUT2D eigenvalue weighted by atomic mass is 31.1. The van der Waals surface area contributed by atoms with E-state index in [1.807, 2.05) is 0 Å². The van der Waals surface area contributed by atoms with Crippen LogP contribution in [0.4, 0.5) is 0 Å². The van der Waals surface area contributed by atoms with E-state index in [1.54, 1.807) is 0 Å². The Kier molecular flexibility index (Phi) is 6.43.